The Balaban J connectivity index is 2.14. The number of rotatable bonds is 9. The van der Waals surface area contributed by atoms with Crippen LogP contribution in [0.4, 0.5) is 0 Å². The highest BCUT2D eigenvalue weighted by atomic mass is 32.1. The van der Waals surface area contributed by atoms with Crippen LogP contribution in [-0.4, -0.2) is 44.3 Å². The zero-order chi connectivity index (χ0) is 15.5. The van der Waals surface area contributed by atoms with E-state index in [1.807, 2.05) is 0 Å². The van der Waals surface area contributed by atoms with Crippen LogP contribution in [0, 0.1) is 13.8 Å². The molecule has 0 amide bonds. The van der Waals surface area contributed by atoms with Crippen molar-refractivity contribution in [1.82, 2.24) is 15.6 Å². The second-order valence-electron chi connectivity index (χ2n) is 4.89. The Morgan fingerprint density at radius 3 is 2.62 bits per heavy atom. The van der Waals surface area contributed by atoms with E-state index in [1.165, 1.54) is 16.3 Å². The summed E-state index contributed by atoms with van der Waals surface area (Å²) < 4.78 is 5.51. The number of aryl methyl sites for hydroxylation is 2. The van der Waals surface area contributed by atoms with Crippen molar-refractivity contribution in [2.24, 2.45) is 4.99 Å². The van der Waals surface area contributed by atoms with Crippen LogP contribution >= 0.6 is 11.3 Å². The molecule has 0 aliphatic carbocycles. The molecular weight excluding hydrogens is 284 g/mol. The number of hydrogen-bond donors (Lipinski definition) is 2. The number of ether oxygens (including phenoxy) is 1. The van der Waals surface area contributed by atoms with Crippen LogP contribution in [0.3, 0.4) is 0 Å². The lowest BCUT2D eigenvalue weighted by Gasteiger charge is -2.11. The number of hydrogen-bond acceptors (Lipinski definition) is 4. The maximum atomic E-state index is 5.51. The van der Waals surface area contributed by atoms with Gasteiger partial charge < -0.3 is 15.4 Å². The van der Waals surface area contributed by atoms with E-state index >= 15 is 0 Å². The van der Waals surface area contributed by atoms with Gasteiger partial charge >= 0.3 is 0 Å². The molecule has 0 saturated heterocycles. The zero-order valence-electron chi connectivity index (χ0n) is 13.7. The molecule has 0 spiro atoms. The summed E-state index contributed by atoms with van der Waals surface area (Å²) in [5, 5.41) is 7.72. The standard InChI is InChI=1S/C15H28N4OS/c1-5-6-10-20-11-9-18-15(16-4)17-8-7-14-19-12(2)13(3)21-14/h5-11H2,1-4H3,(H2,16,17,18). The Morgan fingerprint density at radius 1 is 1.24 bits per heavy atom. The summed E-state index contributed by atoms with van der Waals surface area (Å²) in [6.07, 6.45) is 3.22. The second kappa shape index (κ2) is 10.6. The van der Waals surface area contributed by atoms with E-state index < -0.39 is 0 Å². The molecule has 2 N–H and O–H groups in total. The third-order valence-corrected chi connectivity index (χ3v) is 4.24. The Bertz CT molecular complexity index is 412. The molecular formula is C15H28N4OS. The monoisotopic (exact) mass is 312 g/mol. The Morgan fingerprint density at radius 2 is 2.00 bits per heavy atom. The molecule has 0 aliphatic heterocycles. The molecule has 0 radical (unpaired) electrons. The summed E-state index contributed by atoms with van der Waals surface area (Å²) in [4.78, 5) is 10.0. The van der Waals surface area contributed by atoms with Gasteiger partial charge in [-0.3, -0.25) is 4.99 Å². The highest BCUT2D eigenvalue weighted by Gasteiger charge is 2.03. The molecule has 0 fully saturated rings. The maximum absolute atomic E-state index is 5.51. The molecule has 1 aromatic rings. The predicted octanol–water partition coefficient (Wildman–Crippen LogP) is 2.28. The predicted molar refractivity (Wildman–Crippen MR) is 90.4 cm³/mol. The number of guanidine groups is 1. The minimum atomic E-state index is 0.714. The Hall–Kier alpha value is -1.14. The quantitative estimate of drug-likeness (QED) is 0.417. The molecule has 1 aromatic heterocycles. The molecule has 0 bridgehead atoms. The van der Waals surface area contributed by atoms with Crippen molar-refractivity contribution >= 4 is 17.3 Å². The highest BCUT2D eigenvalue weighted by Crippen LogP contribution is 2.16. The van der Waals surface area contributed by atoms with Crippen molar-refractivity contribution in [2.45, 2.75) is 40.0 Å². The van der Waals surface area contributed by atoms with Crippen molar-refractivity contribution in [2.75, 3.05) is 33.4 Å². The van der Waals surface area contributed by atoms with Crippen molar-refractivity contribution in [3.05, 3.63) is 15.6 Å². The van der Waals surface area contributed by atoms with E-state index in [2.05, 4.69) is 41.4 Å². The first-order valence-electron chi connectivity index (χ1n) is 7.62. The third-order valence-electron chi connectivity index (χ3n) is 3.11. The first-order chi connectivity index (χ1) is 10.2. The number of aliphatic imine (C=N–C) groups is 1. The van der Waals surface area contributed by atoms with Crippen molar-refractivity contribution in [3.8, 4) is 0 Å². The van der Waals surface area contributed by atoms with E-state index in [1.54, 1.807) is 18.4 Å². The minimum absolute atomic E-state index is 0.714. The van der Waals surface area contributed by atoms with Gasteiger partial charge in [-0.15, -0.1) is 11.3 Å². The van der Waals surface area contributed by atoms with Crippen LogP contribution in [-0.2, 0) is 11.2 Å². The van der Waals surface area contributed by atoms with E-state index in [4.69, 9.17) is 4.74 Å². The van der Waals surface area contributed by atoms with E-state index in [0.717, 1.165) is 44.2 Å². The largest absolute Gasteiger partial charge is 0.380 e. The summed E-state index contributed by atoms with van der Waals surface area (Å²) in [6.45, 7) is 9.50. The lowest BCUT2D eigenvalue weighted by atomic mass is 10.4. The Kier molecular flexibility index (Phi) is 9.01. The number of unbranched alkanes of at least 4 members (excludes halogenated alkanes) is 1. The van der Waals surface area contributed by atoms with Crippen molar-refractivity contribution in [1.29, 1.82) is 0 Å². The fraction of sp³-hybridized carbons (Fsp3) is 0.733. The van der Waals surface area contributed by atoms with E-state index in [0.29, 0.717) is 6.61 Å². The summed E-state index contributed by atoms with van der Waals surface area (Å²) >= 11 is 1.77. The molecule has 1 rings (SSSR count). The molecule has 0 saturated carbocycles. The van der Waals surface area contributed by atoms with Crippen LogP contribution in [0.5, 0.6) is 0 Å². The van der Waals surface area contributed by atoms with Gasteiger partial charge in [-0.2, -0.15) is 0 Å². The van der Waals surface area contributed by atoms with E-state index in [9.17, 15) is 0 Å². The van der Waals surface area contributed by atoms with Crippen LogP contribution in [0.15, 0.2) is 4.99 Å². The SMILES string of the molecule is CCCCOCCNC(=NC)NCCc1nc(C)c(C)s1. The number of aromatic nitrogens is 1. The summed E-state index contributed by atoms with van der Waals surface area (Å²) in [6, 6.07) is 0. The Labute approximate surface area is 132 Å². The first kappa shape index (κ1) is 17.9. The molecule has 120 valence electrons. The van der Waals surface area contributed by atoms with Crippen molar-refractivity contribution in [3.63, 3.8) is 0 Å². The van der Waals surface area contributed by atoms with Crippen molar-refractivity contribution < 1.29 is 4.74 Å². The fourth-order valence-electron chi connectivity index (χ4n) is 1.74. The molecule has 6 heteroatoms. The number of thiazole rings is 1. The van der Waals surface area contributed by atoms with Gasteiger partial charge in [-0.1, -0.05) is 13.3 Å². The summed E-state index contributed by atoms with van der Waals surface area (Å²) in [5.41, 5.74) is 1.14. The van der Waals surface area contributed by atoms with Crippen LogP contribution in [0.2, 0.25) is 0 Å². The van der Waals surface area contributed by atoms with Crippen LogP contribution in [0.1, 0.15) is 35.3 Å². The van der Waals surface area contributed by atoms with Gasteiger partial charge in [0.1, 0.15) is 0 Å². The molecule has 0 unspecified atom stereocenters. The second-order valence-corrected chi connectivity index (χ2v) is 6.18. The zero-order valence-corrected chi connectivity index (χ0v) is 14.5. The third kappa shape index (κ3) is 7.43. The summed E-state index contributed by atoms with van der Waals surface area (Å²) in [5.74, 6) is 0.819. The van der Waals surface area contributed by atoms with Gasteiger partial charge in [0.05, 0.1) is 17.3 Å². The molecule has 0 aliphatic rings. The normalized spacial score (nSPS) is 11.7. The molecule has 0 atom stereocenters. The average molecular weight is 312 g/mol. The summed E-state index contributed by atoms with van der Waals surface area (Å²) in [7, 11) is 1.78. The lowest BCUT2D eigenvalue weighted by Crippen LogP contribution is -2.39. The van der Waals surface area contributed by atoms with Gasteiger partial charge in [-0.25, -0.2) is 4.98 Å². The molecule has 0 aromatic carbocycles. The molecule has 1 heterocycles. The molecule has 5 nitrogen and oxygen atoms in total. The minimum Gasteiger partial charge on any atom is -0.380 e. The van der Waals surface area contributed by atoms with Gasteiger partial charge in [-0.05, 0) is 20.3 Å². The maximum Gasteiger partial charge on any atom is 0.191 e. The smallest absolute Gasteiger partial charge is 0.191 e. The molecule has 21 heavy (non-hydrogen) atoms. The van der Waals surface area contributed by atoms with Gasteiger partial charge in [0, 0.05) is 38.0 Å². The van der Waals surface area contributed by atoms with Gasteiger partial charge in [0.25, 0.3) is 0 Å². The topological polar surface area (TPSA) is 58.5 Å². The van der Waals surface area contributed by atoms with Gasteiger partial charge in [0.2, 0.25) is 0 Å². The number of nitrogens with one attached hydrogen (secondary N) is 2. The fourth-order valence-corrected chi connectivity index (χ4v) is 2.68. The number of nitrogens with zero attached hydrogens (tertiary/aromatic N) is 2. The van der Waals surface area contributed by atoms with E-state index in [-0.39, 0.29) is 0 Å². The van der Waals surface area contributed by atoms with Crippen LogP contribution in [0.25, 0.3) is 0 Å². The lowest BCUT2D eigenvalue weighted by molar-refractivity contribution is 0.136. The average Bonchev–Trinajstić information content (AvgIpc) is 2.79. The first-order valence-corrected chi connectivity index (χ1v) is 8.44. The highest BCUT2D eigenvalue weighted by molar-refractivity contribution is 7.11. The van der Waals surface area contributed by atoms with Crippen LogP contribution < -0.4 is 10.6 Å². The van der Waals surface area contributed by atoms with Gasteiger partial charge in [0.15, 0.2) is 5.96 Å².